The molecule has 0 amide bonds. The molecule has 2 aromatic rings. The number of benzene rings is 1. The van der Waals surface area contributed by atoms with Gasteiger partial charge in [-0.2, -0.15) is 0 Å². The lowest BCUT2D eigenvalue weighted by atomic mass is 10.0. The number of nitrogens with one attached hydrogen (secondary N) is 2. The van der Waals surface area contributed by atoms with E-state index in [1.165, 1.54) is 5.56 Å². The van der Waals surface area contributed by atoms with Gasteiger partial charge >= 0.3 is 0 Å². The average molecular weight is 246 g/mol. The fourth-order valence-electron chi connectivity index (χ4n) is 1.84. The maximum Gasteiger partial charge on any atom is 0.255 e. The van der Waals surface area contributed by atoms with Gasteiger partial charge in [0.2, 0.25) is 0 Å². The smallest absolute Gasteiger partial charge is 0.255 e. The van der Waals surface area contributed by atoms with Crippen LogP contribution in [0.5, 0.6) is 0 Å². The summed E-state index contributed by atoms with van der Waals surface area (Å²) in [6.07, 6.45) is 0.625. The molecule has 4 heteroatoms. The number of aryl methyl sites for hydroxylation is 2. The first-order valence-electron chi connectivity index (χ1n) is 5.44. The third-order valence-electron chi connectivity index (χ3n) is 2.88. The van der Waals surface area contributed by atoms with Crippen LogP contribution in [-0.4, -0.2) is 9.97 Å². The predicted octanol–water partition coefficient (Wildman–Crippen LogP) is 2.64. The molecule has 0 saturated carbocycles. The van der Waals surface area contributed by atoms with Gasteiger partial charge in [-0.3, -0.25) is 9.78 Å². The summed E-state index contributed by atoms with van der Waals surface area (Å²) in [6, 6.07) is 8.06. The molecule has 17 heavy (non-hydrogen) atoms. The molecule has 0 aliphatic carbocycles. The van der Waals surface area contributed by atoms with Gasteiger partial charge in [0, 0.05) is 17.7 Å². The molecule has 1 heterocycles. The van der Waals surface area contributed by atoms with Gasteiger partial charge in [-0.15, -0.1) is 0 Å². The van der Waals surface area contributed by atoms with Crippen LogP contribution in [0.3, 0.4) is 0 Å². The molecule has 3 nitrogen and oxygen atoms in total. The first kappa shape index (κ1) is 11.8. The third kappa shape index (κ3) is 2.53. The molecule has 2 N–H and O–H groups in total. The second-order valence-corrected chi connectivity index (χ2v) is 4.52. The first-order valence-corrected chi connectivity index (χ1v) is 5.85. The molecule has 0 radical (unpaired) electrons. The molecule has 1 aromatic heterocycles. The molecule has 1 aromatic carbocycles. The van der Waals surface area contributed by atoms with Crippen LogP contribution in [0.15, 0.2) is 29.1 Å². The number of hydrogen-bond acceptors (Lipinski definition) is 2. The van der Waals surface area contributed by atoms with Gasteiger partial charge < -0.3 is 4.98 Å². The van der Waals surface area contributed by atoms with E-state index in [0.29, 0.717) is 11.2 Å². The topological polar surface area (TPSA) is 48.6 Å². The van der Waals surface area contributed by atoms with Crippen LogP contribution >= 0.6 is 12.2 Å². The summed E-state index contributed by atoms with van der Waals surface area (Å²) in [5.74, 6) is 0. The Morgan fingerprint density at radius 1 is 1.18 bits per heavy atom. The summed E-state index contributed by atoms with van der Waals surface area (Å²) >= 11 is 4.93. The highest BCUT2D eigenvalue weighted by Crippen LogP contribution is 2.12. The zero-order valence-corrected chi connectivity index (χ0v) is 10.6. The standard InChI is InChI=1S/C13H14N2OS/c1-8-5-3-4-6-10(8)7-11-9(2)14-13(17)15-12(11)16/h3-6H,7H2,1-2H3,(H2,14,15,16,17). The molecule has 0 bridgehead atoms. The summed E-state index contributed by atoms with van der Waals surface area (Å²) in [7, 11) is 0. The van der Waals surface area contributed by atoms with Gasteiger partial charge in [-0.25, -0.2) is 0 Å². The van der Waals surface area contributed by atoms with Crippen molar-refractivity contribution in [3.8, 4) is 0 Å². The lowest BCUT2D eigenvalue weighted by Crippen LogP contribution is -2.17. The van der Waals surface area contributed by atoms with E-state index in [1.807, 2.05) is 38.1 Å². The van der Waals surface area contributed by atoms with Gasteiger partial charge in [-0.1, -0.05) is 24.3 Å². The van der Waals surface area contributed by atoms with Crippen molar-refractivity contribution in [2.75, 3.05) is 0 Å². The fourth-order valence-corrected chi connectivity index (χ4v) is 2.08. The van der Waals surface area contributed by atoms with E-state index in [0.717, 1.165) is 16.8 Å². The van der Waals surface area contributed by atoms with E-state index in [2.05, 4.69) is 9.97 Å². The number of H-pyrrole nitrogens is 2. The molecular weight excluding hydrogens is 232 g/mol. The van der Waals surface area contributed by atoms with Crippen LogP contribution in [0, 0.1) is 18.6 Å². The van der Waals surface area contributed by atoms with Crippen molar-refractivity contribution in [3.63, 3.8) is 0 Å². The highest BCUT2D eigenvalue weighted by atomic mass is 32.1. The Morgan fingerprint density at radius 3 is 2.53 bits per heavy atom. The minimum Gasteiger partial charge on any atom is -0.336 e. The number of aromatic amines is 2. The Morgan fingerprint density at radius 2 is 1.88 bits per heavy atom. The lowest BCUT2D eigenvalue weighted by Gasteiger charge is -2.07. The van der Waals surface area contributed by atoms with E-state index in [4.69, 9.17) is 12.2 Å². The number of hydrogen-bond donors (Lipinski definition) is 2. The van der Waals surface area contributed by atoms with Crippen molar-refractivity contribution >= 4 is 12.2 Å². The third-order valence-corrected chi connectivity index (χ3v) is 3.09. The second kappa shape index (κ2) is 4.67. The van der Waals surface area contributed by atoms with Crippen molar-refractivity contribution in [3.05, 3.63) is 61.8 Å². The van der Waals surface area contributed by atoms with Gasteiger partial charge in [-0.05, 0) is 37.2 Å². The van der Waals surface area contributed by atoms with Gasteiger partial charge in [0.25, 0.3) is 5.56 Å². The second-order valence-electron chi connectivity index (χ2n) is 4.12. The summed E-state index contributed by atoms with van der Waals surface area (Å²) in [5.41, 5.74) is 3.82. The lowest BCUT2D eigenvalue weighted by molar-refractivity contribution is 0.959. The number of aromatic nitrogens is 2. The minimum atomic E-state index is -0.102. The van der Waals surface area contributed by atoms with Crippen LogP contribution in [0.4, 0.5) is 0 Å². The molecule has 0 saturated heterocycles. The van der Waals surface area contributed by atoms with Gasteiger partial charge in [0.1, 0.15) is 0 Å². The Balaban J connectivity index is 2.48. The summed E-state index contributed by atoms with van der Waals surface area (Å²) < 4.78 is 0.376. The molecule has 0 atom stereocenters. The zero-order valence-electron chi connectivity index (χ0n) is 9.83. The van der Waals surface area contributed by atoms with Crippen molar-refractivity contribution in [2.45, 2.75) is 20.3 Å². The van der Waals surface area contributed by atoms with Crippen molar-refractivity contribution in [2.24, 2.45) is 0 Å². The van der Waals surface area contributed by atoms with Crippen molar-refractivity contribution in [1.82, 2.24) is 9.97 Å². The molecular formula is C13H14N2OS. The molecule has 0 spiro atoms. The summed E-state index contributed by atoms with van der Waals surface area (Å²) in [4.78, 5) is 17.4. The molecule has 0 aliphatic heterocycles. The minimum absolute atomic E-state index is 0.102. The summed E-state index contributed by atoms with van der Waals surface area (Å²) in [6.45, 7) is 3.92. The van der Waals surface area contributed by atoms with Gasteiger partial charge in [0.05, 0.1) is 0 Å². The Bertz CT molecular complexity index is 655. The molecule has 0 unspecified atom stereocenters. The molecule has 2 rings (SSSR count). The van der Waals surface area contributed by atoms with Crippen LogP contribution < -0.4 is 5.56 Å². The van der Waals surface area contributed by atoms with E-state index in [1.54, 1.807) is 0 Å². The fraction of sp³-hybridized carbons (Fsp3) is 0.231. The number of rotatable bonds is 2. The average Bonchev–Trinajstić information content (AvgIpc) is 2.25. The van der Waals surface area contributed by atoms with E-state index >= 15 is 0 Å². The Labute approximate surface area is 105 Å². The van der Waals surface area contributed by atoms with E-state index in [9.17, 15) is 4.79 Å². The maximum atomic E-state index is 11.8. The van der Waals surface area contributed by atoms with Crippen molar-refractivity contribution in [1.29, 1.82) is 0 Å². The Kier molecular flexibility index (Phi) is 3.24. The maximum absolute atomic E-state index is 11.8. The normalized spacial score (nSPS) is 10.5. The summed E-state index contributed by atoms with van der Waals surface area (Å²) in [5, 5.41) is 0. The first-order chi connectivity index (χ1) is 8.08. The van der Waals surface area contributed by atoms with Crippen LogP contribution in [0.2, 0.25) is 0 Å². The van der Waals surface area contributed by atoms with E-state index < -0.39 is 0 Å². The SMILES string of the molecule is Cc1ccccc1Cc1c(C)[nH]c(=S)[nH]c1=O. The molecule has 0 fully saturated rings. The van der Waals surface area contributed by atoms with Crippen LogP contribution in [0.1, 0.15) is 22.4 Å². The van der Waals surface area contributed by atoms with Crippen molar-refractivity contribution < 1.29 is 0 Å². The van der Waals surface area contributed by atoms with Crippen LogP contribution in [-0.2, 0) is 6.42 Å². The largest absolute Gasteiger partial charge is 0.336 e. The molecule has 0 aliphatic rings. The quantitative estimate of drug-likeness (QED) is 0.800. The Hall–Kier alpha value is -1.68. The zero-order chi connectivity index (χ0) is 12.4. The molecule has 88 valence electrons. The predicted molar refractivity (Wildman–Crippen MR) is 71.0 cm³/mol. The van der Waals surface area contributed by atoms with Crippen LogP contribution in [0.25, 0.3) is 0 Å². The van der Waals surface area contributed by atoms with Gasteiger partial charge in [0.15, 0.2) is 4.77 Å². The highest BCUT2D eigenvalue weighted by Gasteiger charge is 2.07. The monoisotopic (exact) mass is 246 g/mol. The van der Waals surface area contributed by atoms with E-state index in [-0.39, 0.29) is 5.56 Å². The highest BCUT2D eigenvalue weighted by molar-refractivity contribution is 7.71.